The van der Waals surface area contributed by atoms with E-state index in [0.29, 0.717) is 12.3 Å². The van der Waals surface area contributed by atoms with Crippen LogP contribution in [-0.2, 0) is 16.1 Å². The number of carbonyl (C=O) groups excluding carboxylic acids is 2. The van der Waals surface area contributed by atoms with Crippen molar-refractivity contribution in [2.75, 3.05) is 13.7 Å². The van der Waals surface area contributed by atoms with E-state index in [4.69, 9.17) is 4.74 Å². The molecular weight excluding hydrogens is 304 g/mol. The number of hydrogen-bond acceptors (Lipinski definition) is 3. The summed E-state index contributed by atoms with van der Waals surface area (Å²) in [5.41, 5.74) is 2.71. The van der Waals surface area contributed by atoms with E-state index in [1.54, 1.807) is 12.0 Å². The van der Waals surface area contributed by atoms with Crippen molar-refractivity contribution in [1.29, 1.82) is 0 Å². The predicted molar refractivity (Wildman–Crippen MR) is 90.5 cm³/mol. The summed E-state index contributed by atoms with van der Waals surface area (Å²) in [6.07, 6.45) is 0. The Morgan fingerprint density at radius 3 is 2.62 bits per heavy atom. The molecule has 24 heavy (non-hydrogen) atoms. The quantitative estimate of drug-likeness (QED) is 0.938. The number of hydrogen-bond donors (Lipinski definition) is 1. The van der Waals surface area contributed by atoms with Crippen LogP contribution >= 0.6 is 0 Å². The zero-order valence-corrected chi connectivity index (χ0v) is 13.8. The van der Waals surface area contributed by atoms with Gasteiger partial charge in [0.15, 0.2) is 0 Å². The lowest BCUT2D eigenvalue weighted by atomic mass is 10.0. The van der Waals surface area contributed by atoms with Gasteiger partial charge in [0.05, 0.1) is 13.7 Å². The Balaban J connectivity index is 1.86. The lowest BCUT2D eigenvalue weighted by Crippen LogP contribution is -2.52. The highest BCUT2D eigenvalue weighted by molar-refractivity contribution is 5.95. The van der Waals surface area contributed by atoms with Crippen LogP contribution in [0.15, 0.2) is 48.5 Å². The molecule has 1 atom stereocenters. The summed E-state index contributed by atoms with van der Waals surface area (Å²) in [6.45, 7) is 2.44. The molecular formula is C19H20N2O3. The number of nitrogens with zero attached hydrogens (tertiary/aromatic N) is 1. The molecule has 0 radical (unpaired) electrons. The number of nitrogens with one attached hydrogen (secondary N) is 1. The minimum atomic E-state index is -0.676. The second-order valence-corrected chi connectivity index (χ2v) is 5.91. The molecule has 1 aliphatic heterocycles. The van der Waals surface area contributed by atoms with Crippen molar-refractivity contribution in [1.82, 2.24) is 10.2 Å². The molecule has 1 N–H and O–H groups in total. The summed E-state index contributed by atoms with van der Waals surface area (Å²) in [5, 5.41) is 2.78. The monoisotopic (exact) mass is 324 g/mol. The Morgan fingerprint density at radius 1 is 1.17 bits per heavy atom. The Kier molecular flexibility index (Phi) is 4.51. The molecule has 5 heteroatoms. The molecule has 0 unspecified atom stereocenters. The molecule has 2 amide bonds. The largest absolute Gasteiger partial charge is 0.496 e. The van der Waals surface area contributed by atoms with Gasteiger partial charge in [-0.15, -0.1) is 0 Å². The van der Waals surface area contributed by atoms with Crippen LogP contribution in [0.3, 0.4) is 0 Å². The molecule has 124 valence electrons. The van der Waals surface area contributed by atoms with Gasteiger partial charge in [-0.05, 0) is 29.7 Å². The summed E-state index contributed by atoms with van der Waals surface area (Å²) in [5.74, 6) is 0.439. The van der Waals surface area contributed by atoms with Crippen LogP contribution < -0.4 is 10.1 Å². The van der Waals surface area contributed by atoms with Crippen LogP contribution in [0, 0.1) is 6.92 Å². The fourth-order valence-electron chi connectivity index (χ4n) is 2.88. The number of carbonyl (C=O) groups is 2. The number of rotatable bonds is 4. The molecule has 1 aliphatic rings. The number of benzene rings is 2. The molecule has 3 rings (SSSR count). The smallest absolute Gasteiger partial charge is 0.250 e. The van der Waals surface area contributed by atoms with E-state index >= 15 is 0 Å². The van der Waals surface area contributed by atoms with Crippen molar-refractivity contribution in [3.63, 3.8) is 0 Å². The summed E-state index contributed by atoms with van der Waals surface area (Å²) in [7, 11) is 1.59. The number of aryl methyl sites for hydroxylation is 1. The van der Waals surface area contributed by atoms with Crippen LogP contribution in [-0.4, -0.2) is 30.4 Å². The molecule has 2 aromatic carbocycles. The second-order valence-electron chi connectivity index (χ2n) is 5.91. The standard InChI is InChI=1S/C19H20N2O3/c1-13-8-9-15(10-16(13)24-2)18-19(23)21(12-17(22)20-18)11-14-6-4-3-5-7-14/h3-10,18H,11-12H2,1-2H3,(H,20,22)/t18-/m1/s1. The third-order valence-corrected chi connectivity index (χ3v) is 4.18. The van der Waals surface area contributed by atoms with E-state index in [-0.39, 0.29) is 18.4 Å². The van der Waals surface area contributed by atoms with E-state index in [1.165, 1.54) is 0 Å². The van der Waals surface area contributed by atoms with Gasteiger partial charge in [0.1, 0.15) is 11.8 Å². The number of ether oxygens (including phenoxy) is 1. The lowest BCUT2D eigenvalue weighted by Gasteiger charge is -2.33. The first-order valence-corrected chi connectivity index (χ1v) is 7.85. The fourth-order valence-corrected chi connectivity index (χ4v) is 2.88. The second kappa shape index (κ2) is 6.74. The summed E-state index contributed by atoms with van der Waals surface area (Å²) in [4.78, 5) is 26.5. The van der Waals surface area contributed by atoms with Crippen LogP contribution in [0.2, 0.25) is 0 Å². The zero-order valence-electron chi connectivity index (χ0n) is 13.8. The molecule has 5 nitrogen and oxygen atoms in total. The predicted octanol–water partition coefficient (Wildman–Crippen LogP) is 2.20. The van der Waals surface area contributed by atoms with E-state index < -0.39 is 6.04 Å². The molecule has 1 heterocycles. The third kappa shape index (κ3) is 3.25. The molecule has 0 bridgehead atoms. The topological polar surface area (TPSA) is 58.6 Å². The minimum absolute atomic E-state index is 0.0766. The zero-order chi connectivity index (χ0) is 17.1. The van der Waals surface area contributed by atoms with Crippen LogP contribution in [0.1, 0.15) is 22.7 Å². The van der Waals surface area contributed by atoms with Crippen molar-refractivity contribution < 1.29 is 14.3 Å². The molecule has 0 saturated carbocycles. The number of piperazine rings is 1. The Hall–Kier alpha value is -2.82. The molecule has 0 spiro atoms. The van der Waals surface area contributed by atoms with Gasteiger partial charge in [-0.25, -0.2) is 0 Å². The van der Waals surface area contributed by atoms with Crippen LogP contribution in [0.25, 0.3) is 0 Å². The van der Waals surface area contributed by atoms with Gasteiger partial charge in [-0.2, -0.15) is 0 Å². The highest BCUT2D eigenvalue weighted by Gasteiger charge is 2.33. The molecule has 0 aliphatic carbocycles. The van der Waals surface area contributed by atoms with Crippen molar-refractivity contribution in [3.05, 3.63) is 65.2 Å². The van der Waals surface area contributed by atoms with Gasteiger partial charge in [-0.3, -0.25) is 9.59 Å². The van der Waals surface area contributed by atoms with E-state index in [0.717, 1.165) is 16.7 Å². The average Bonchev–Trinajstić information content (AvgIpc) is 2.59. The lowest BCUT2D eigenvalue weighted by molar-refractivity contribution is -0.145. The Morgan fingerprint density at radius 2 is 1.92 bits per heavy atom. The minimum Gasteiger partial charge on any atom is -0.496 e. The third-order valence-electron chi connectivity index (χ3n) is 4.18. The molecule has 0 aromatic heterocycles. The van der Waals surface area contributed by atoms with Crippen molar-refractivity contribution in [3.8, 4) is 5.75 Å². The van der Waals surface area contributed by atoms with Gasteiger partial charge in [0.2, 0.25) is 5.91 Å². The maximum absolute atomic E-state index is 12.8. The van der Waals surface area contributed by atoms with Gasteiger partial charge in [0, 0.05) is 6.54 Å². The summed E-state index contributed by atoms with van der Waals surface area (Å²) >= 11 is 0. The Bertz CT molecular complexity index is 758. The normalized spacial score (nSPS) is 17.6. The molecule has 1 fully saturated rings. The maximum Gasteiger partial charge on any atom is 0.250 e. The maximum atomic E-state index is 12.8. The van der Waals surface area contributed by atoms with Crippen LogP contribution in [0.4, 0.5) is 0 Å². The number of amides is 2. The van der Waals surface area contributed by atoms with Gasteiger partial charge < -0.3 is 15.0 Å². The van der Waals surface area contributed by atoms with E-state index in [9.17, 15) is 9.59 Å². The first kappa shape index (κ1) is 16.1. The van der Waals surface area contributed by atoms with Crippen LogP contribution in [0.5, 0.6) is 5.75 Å². The Labute approximate surface area is 141 Å². The van der Waals surface area contributed by atoms with E-state index in [2.05, 4.69) is 5.32 Å². The first-order valence-electron chi connectivity index (χ1n) is 7.85. The van der Waals surface area contributed by atoms with Gasteiger partial charge in [0.25, 0.3) is 5.91 Å². The highest BCUT2D eigenvalue weighted by Crippen LogP contribution is 2.26. The van der Waals surface area contributed by atoms with Crippen molar-refractivity contribution in [2.45, 2.75) is 19.5 Å². The highest BCUT2D eigenvalue weighted by atomic mass is 16.5. The average molecular weight is 324 g/mol. The SMILES string of the molecule is COc1cc([C@H]2NC(=O)CN(Cc3ccccc3)C2=O)ccc1C. The summed E-state index contributed by atoms with van der Waals surface area (Å²) in [6, 6.07) is 14.5. The molecule has 2 aromatic rings. The van der Waals surface area contributed by atoms with Gasteiger partial charge in [-0.1, -0.05) is 42.5 Å². The van der Waals surface area contributed by atoms with E-state index in [1.807, 2.05) is 55.5 Å². The van der Waals surface area contributed by atoms with Crippen molar-refractivity contribution in [2.24, 2.45) is 0 Å². The van der Waals surface area contributed by atoms with Crippen molar-refractivity contribution >= 4 is 11.8 Å². The first-order chi connectivity index (χ1) is 11.6. The summed E-state index contributed by atoms with van der Waals surface area (Å²) < 4.78 is 5.32. The van der Waals surface area contributed by atoms with Gasteiger partial charge >= 0.3 is 0 Å². The number of methoxy groups -OCH3 is 1. The molecule has 1 saturated heterocycles. The fraction of sp³-hybridized carbons (Fsp3) is 0.263.